The molecule has 140 valence electrons. The smallest absolute Gasteiger partial charge is 0.257 e. The Bertz CT molecular complexity index is 886. The third-order valence-electron chi connectivity index (χ3n) is 5.54. The van der Waals surface area contributed by atoms with Crippen molar-refractivity contribution in [1.29, 1.82) is 0 Å². The Morgan fingerprint density at radius 2 is 1.96 bits per heavy atom. The van der Waals surface area contributed by atoms with E-state index in [1.807, 2.05) is 25.1 Å². The number of nitrogens with zero attached hydrogens (tertiary/aromatic N) is 2. The highest BCUT2D eigenvalue weighted by molar-refractivity contribution is 6.32. The Morgan fingerprint density at radius 3 is 2.67 bits per heavy atom. The molecule has 27 heavy (non-hydrogen) atoms. The third-order valence-corrected chi connectivity index (χ3v) is 5.54. The average molecular weight is 362 g/mol. The number of carbonyl (C=O) groups is 1. The summed E-state index contributed by atoms with van der Waals surface area (Å²) < 4.78 is 0. The van der Waals surface area contributed by atoms with Gasteiger partial charge in [0.1, 0.15) is 0 Å². The van der Waals surface area contributed by atoms with Crippen molar-refractivity contribution in [2.45, 2.75) is 19.4 Å². The number of likely N-dealkylation sites (N-methyl/N-ethyl adjacent to an activating group) is 1. The molecule has 1 amide bonds. The van der Waals surface area contributed by atoms with Gasteiger partial charge in [-0.1, -0.05) is 12.1 Å². The van der Waals surface area contributed by atoms with Crippen LogP contribution in [0.2, 0.25) is 0 Å². The first kappa shape index (κ1) is 17.6. The molecule has 2 aliphatic heterocycles. The van der Waals surface area contributed by atoms with Crippen LogP contribution in [0.5, 0.6) is 0 Å². The van der Waals surface area contributed by atoms with Crippen molar-refractivity contribution in [1.82, 2.24) is 4.90 Å². The summed E-state index contributed by atoms with van der Waals surface area (Å²) in [5, 5.41) is 6.21. The molecular weight excluding hydrogens is 336 g/mol. The van der Waals surface area contributed by atoms with E-state index in [1.165, 1.54) is 12.1 Å². The largest absolute Gasteiger partial charge is 0.370 e. The van der Waals surface area contributed by atoms with Gasteiger partial charge in [0.2, 0.25) is 0 Å². The summed E-state index contributed by atoms with van der Waals surface area (Å²) in [5.74, 6) is -0.0600. The molecule has 1 atom stereocenters. The summed E-state index contributed by atoms with van der Waals surface area (Å²) in [7, 11) is 4.29. The summed E-state index contributed by atoms with van der Waals surface area (Å²) in [4.78, 5) is 17.0. The zero-order valence-corrected chi connectivity index (χ0v) is 16.1. The second-order valence-electron chi connectivity index (χ2n) is 7.55. The Balaban J connectivity index is 1.47. The molecule has 2 aliphatic rings. The summed E-state index contributed by atoms with van der Waals surface area (Å²) in [5.41, 5.74) is 5.87. The first-order chi connectivity index (χ1) is 13.0. The molecule has 2 heterocycles. The summed E-state index contributed by atoms with van der Waals surface area (Å²) >= 11 is 0. The van der Waals surface area contributed by atoms with E-state index in [9.17, 15) is 4.79 Å². The maximum Gasteiger partial charge on any atom is 0.257 e. The number of carbonyl (C=O) groups excluding carboxylic acids is 1. The van der Waals surface area contributed by atoms with Gasteiger partial charge in [0.05, 0.1) is 5.57 Å². The Hall–Kier alpha value is -2.79. The average Bonchev–Trinajstić information content (AvgIpc) is 3.26. The highest BCUT2D eigenvalue weighted by atomic mass is 16.2. The number of anilines is 3. The minimum Gasteiger partial charge on any atom is -0.370 e. The SMILES string of the molecule is Cc1cccc2c1/C(=C/Nc1ccc(N3CCC(N(C)C)C3)cc1)C(=O)N2. The molecular formula is C22H26N4O. The van der Waals surface area contributed by atoms with Crippen LogP contribution < -0.4 is 15.5 Å². The molecule has 0 aliphatic carbocycles. The summed E-state index contributed by atoms with van der Waals surface area (Å²) in [6.45, 7) is 4.19. The minimum atomic E-state index is -0.0600. The van der Waals surface area contributed by atoms with Crippen LogP contribution in [-0.4, -0.2) is 44.0 Å². The molecule has 1 fully saturated rings. The van der Waals surface area contributed by atoms with Gasteiger partial charge in [-0.2, -0.15) is 0 Å². The lowest BCUT2D eigenvalue weighted by molar-refractivity contribution is -0.110. The van der Waals surface area contributed by atoms with Crippen molar-refractivity contribution in [3.63, 3.8) is 0 Å². The second-order valence-corrected chi connectivity index (χ2v) is 7.55. The van der Waals surface area contributed by atoms with E-state index in [1.54, 1.807) is 6.20 Å². The standard InChI is InChI=1S/C22H26N4O/c1-15-5-4-6-20-21(15)19(22(27)24-20)13-23-16-7-9-17(10-8-16)26-12-11-18(14-26)25(2)3/h4-10,13,18,23H,11-12,14H2,1-3H3,(H,24,27)/b19-13-. The van der Waals surface area contributed by atoms with Crippen LogP contribution in [0, 0.1) is 6.92 Å². The number of nitrogens with one attached hydrogen (secondary N) is 2. The molecule has 0 saturated carbocycles. The maximum absolute atomic E-state index is 12.3. The first-order valence-electron chi connectivity index (χ1n) is 9.42. The maximum atomic E-state index is 12.3. The molecule has 2 N–H and O–H groups in total. The van der Waals surface area contributed by atoms with Crippen molar-refractivity contribution in [3.05, 3.63) is 59.8 Å². The molecule has 0 bridgehead atoms. The topological polar surface area (TPSA) is 47.6 Å². The molecule has 2 aromatic rings. The Labute approximate surface area is 160 Å². The van der Waals surface area contributed by atoms with Gasteiger partial charge < -0.3 is 20.4 Å². The number of hydrogen-bond donors (Lipinski definition) is 2. The number of hydrogen-bond acceptors (Lipinski definition) is 4. The number of benzene rings is 2. The first-order valence-corrected chi connectivity index (χ1v) is 9.42. The van der Waals surface area contributed by atoms with Gasteiger partial charge in [-0.3, -0.25) is 4.79 Å². The van der Waals surface area contributed by atoms with Crippen LogP contribution in [-0.2, 0) is 4.79 Å². The fraction of sp³-hybridized carbons (Fsp3) is 0.318. The molecule has 0 radical (unpaired) electrons. The highest BCUT2D eigenvalue weighted by Crippen LogP contribution is 2.34. The quantitative estimate of drug-likeness (QED) is 0.817. The molecule has 1 unspecified atom stereocenters. The predicted octanol–water partition coefficient (Wildman–Crippen LogP) is 3.54. The van der Waals surface area contributed by atoms with Gasteiger partial charge >= 0.3 is 0 Å². The van der Waals surface area contributed by atoms with E-state index in [-0.39, 0.29) is 5.91 Å². The zero-order valence-electron chi connectivity index (χ0n) is 16.1. The molecule has 5 heteroatoms. The lowest BCUT2D eigenvalue weighted by Crippen LogP contribution is -2.31. The van der Waals surface area contributed by atoms with E-state index in [0.29, 0.717) is 11.6 Å². The molecule has 1 saturated heterocycles. The molecule has 0 aromatic heterocycles. The number of amides is 1. The van der Waals surface area contributed by atoms with Crippen LogP contribution in [0.15, 0.2) is 48.7 Å². The number of aryl methyl sites for hydroxylation is 1. The van der Waals surface area contributed by atoms with E-state index < -0.39 is 0 Å². The number of fused-ring (bicyclic) bond motifs is 1. The normalized spacial score (nSPS) is 20.3. The van der Waals surface area contributed by atoms with Crippen LogP contribution in [0.3, 0.4) is 0 Å². The highest BCUT2D eigenvalue weighted by Gasteiger charge is 2.26. The predicted molar refractivity (Wildman–Crippen MR) is 112 cm³/mol. The zero-order chi connectivity index (χ0) is 19.0. The van der Waals surface area contributed by atoms with E-state index in [2.05, 4.69) is 58.8 Å². The van der Waals surface area contributed by atoms with Crippen LogP contribution in [0.4, 0.5) is 17.1 Å². The number of rotatable bonds is 4. The monoisotopic (exact) mass is 362 g/mol. The molecule has 2 aromatic carbocycles. The van der Waals surface area contributed by atoms with E-state index in [4.69, 9.17) is 0 Å². The van der Waals surface area contributed by atoms with Crippen molar-refractivity contribution < 1.29 is 4.79 Å². The van der Waals surface area contributed by atoms with E-state index in [0.717, 1.165) is 35.6 Å². The van der Waals surface area contributed by atoms with Crippen LogP contribution in [0.25, 0.3) is 5.57 Å². The molecule has 0 spiro atoms. The molecule has 5 nitrogen and oxygen atoms in total. The van der Waals surface area contributed by atoms with Gasteiger partial charge in [0, 0.05) is 48.0 Å². The second kappa shape index (κ2) is 7.08. The summed E-state index contributed by atoms with van der Waals surface area (Å²) in [6.07, 6.45) is 3.01. The minimum absolute atomic E-state index is 0.0600. The van der Waals surface area contributed by atoms with Crippen LogP contribution >= 0.6 is 0 Å². The van der Waals surface area contributed by atoms with Crippen LogP contribution in [0.1, 0.15) is 17.5 Å². The summed E-state index contributed by atoms with van der Waals surface area (Å²) in [6, 6.07) is 15.0. The fourth-order valence-corrected chi connectivity index (χ4v) is 3.89. The Kier molecular flexibility index (Phi) is 4.62. The van der Waals surface area contributed by atoms with E-state index >= 15 is 0 Å². The third kappa shape index (κ3) is 3.43. The van der Waals surface area contributed by atoms with Crippen molar-refractivity contribution in [2.75, 3.05) is 42.7 Å². The van der Waals surface area contributed by atoms with Gasteiger partial charge in [0.25, 0.3) is 5.91 Å². The molecule has 4 rings (SSSR count). The van der Waals surface area contributed by atoms with Crippen molar-refractivity contribution in [2.24, 2.45) is 0 Å². The van der Waals surface area contributed by atoms with Gasteiger partial charge in [-0.15, -0.1) is 0 Å². The van der Waals surface area contributed by atoms with Gasteiger partial charge in [0.15, 0.2) is 0 Å². The lowest BCUT2D eigenvalue weighted by atomic mass is 10.0. The van der Waals surface area contributed by atoms with Gasteiger partial charge in [-0.05, 0) is 63.3 Å². The lowest BCUT2D eigenvalue weighted by Gasteiger charge is -2.22. The van der Waals surface area contributed by atoms with Crippen molar-refractivity contribution in [3.8, 4) is 0 Å². The van der Waals surface area contributed by atoms with Gasteiger partial charge in [-0.25, -0.2) is 0 Å². The Morgan fingerprint density at radius 1 is 1.19 bits per heavy atom. The van der Waals surface area contributed by atoms with Crippen molar-refractivity contribution >= 4 is 28.5 Å². The fourth-order valence-electron chi connectivity index (χ4n) is 3.89.